The van der Waals surface area contributed by atoms with Crippen molar-refractivity contribution < 1.29 is 32.2 Å². The average Bonchev–Trinajstić information content (AvgIpc) is 3.16. The SMILES string of the molecule is Cc1cc(-c2cnc3c(NCCC(F)(F)F)cc(Oc4cccc(F)c4)nn23)ccc1C(=O)O. The van der Waals surface area contributed by atoms with Crippen molar-refractivity contribution in [2.75, 3.05) is 11.9 Å². The van der Waals surface area contributed by atoms with E-state index in [0.717, 1.165) is 6.07 Å². The molecule has 0 amide bonds. The largest absolute Gasteiger partial charge is 0.478 e. The van der Waals surface area contributed by atoms with Crippen LogP contribution < -0.4 is 10.1 Å². The Labute approximate surface area is 190 Å². The van der Waals surface area contributed by atoms with Gasteiger partial charge in [0.15, 0.2) is 5.65 Å². The zero-order valence-electron chi connectivity index (χ0n) is 17.7. The number of ether oxygens (including phenoxy) is 1. The molecule has 0 aliphatic carbocycles. The lowest BCUT2D eigenvalue weighted by Crippen LogP contribution is -2.15. The van der Waals surface area contributed by atoms with E-state index in [1.54, 1.807) is 19.1 Å². The Morgan fingerprint density at radius 3 is 2.65 bits per heavy atom. The van der Waals surface area contributed by atoms with E-state index < -0.39 is 30.9 Å². The minimum atomic E-state index is -4.35. The van der Waals surface area contributed by atoms with Gasteiger partial charge in [0.2, 0.25) is 5.88 Å². The fourth-order valence-electron chi connectivity index (χ4n) is 3.38. The first-order valence-corrected chi connectivity index (χ1v) is 10.1. The zero-order chi connectivity index (χ0) is 24.5. The first kappa shape index (κ1) is 23.0. The first-order chi connectivity index (χ1) is 16.1. The molecule has 11 heteroatoms. The van der Waals surface area contributed by atoms with Gasteiger partial charge in [-0.15, -0.1) is 5.10 Å². The van der Waals surface area contributed by atoms with Gasteiger partial charge < -0.3 is 15.2 Å². The number of aromatic nitrogens is 3. The van der Waals surface area contributed by atoms with Gasteiger partial charge in [-0.3, -0.25) is 0 Å². The van der Waals surface area contributed by atoms with Gasteiger partial charge >= 0.3 is 12.1 Å². The van der Waals surface area contributed by atoms with Crippen LogP contribution in [0.25, 0.3) is 16.9 Å². The molecule has 0 spiro atoms. The number of aryl methyl sites for hydroxylation is 1. The summed E-state index contributed by atoms with van der Waals surface area (Å²) in [4.78, 5) is 15.6. The van der Waals surface area contributed by atoms with Gasteiger partial charge in [0.1, 0.15) is 11.6 Å². The van der Waals surface area contributed by atoms with Crippen molar-refractivity contribution in [2.45, 2.75) is 19.5 Å². The summed E-state index contributed by atoms with van der Waals surface area (Å²) in [5, 5.41) is 16.3. The predicted molar refractivity (Wildman–Crippen MR) is 116 cm³/mol. The highest BCUT2D eigenvalue weighted by atomic mass is 19.4. The van der Waals surface area contributed by atoms with E-state index in [2.05, 4.69) is 15.4 Å². The highest BCUT2D eigenvalue weighted by Crippen LogP contribution is 2.30. The fraction of sp³-hybridized carbons (Fsp3) is 0.174. The van der Waals surface area contributed by atoms with Gasteiger partial charge in [0, 0.05) is 24.2 Å². The molecule has 2 heterocycles. The monoisotopic (exact) mass is 474 g/mol. The normalized spacial score (nSPS) is 11.6. The van der Waals surface area contributed by atoms with Crippen molar-refractivity contribution in [3.8, 4) is 22.9 Å². The number of alkyl halides is 3. The van der Waals surface area contributed by atoms with Crippen LogP contribution in [0, 0.1) is 12.7 Å². The third-order valence-corrected chi connectivity index (χ3v) is 4.94. The standard InChI is InChI=1S/C23H18F4N4O3/c1-13-9-14(5-6-17(13)22(32)33)19-12-29-21-18(28-8-7-23(25,26)27)11-20(30-31(19)21)34-16-4-2-3-15(24)10-16/h2-6,9-12,28H,7-8H2,1H3,(H,32,33). The molecule has 2 aromatic heterocycles. The molecule has 7 nitrogen and oxygen atoms in total. The van der Waals surface area contributed by atoms with Gasteiger partial charge in [0.25, 0.3) is 0 Å². The minimum absolute atomic E-state index is 0.00858. The van der Waals surface area contributed by atoms with Crippen LogP contribution in [0.15, 0.2) is 54.7 Å². The highest BCUT2D eigenvalue weighted by Gasteiger charge is 2.26. The summed E-state index contributed by atoms with van der Waals surface area (Å²) in [6, 6.07) is 11.4. The molecular weight excluding hydrogens is 456 g/mol. The number of nitrogens with one attached hydrogen (secondary N) is 1. The van der Waals surface area contributed by atoms with E-state index in [1.807, 2.05) is 0 Å². The van der Waals surface area contributed by atoms with Crippen LogP contribution in [0.3, 0.4) is 0 Å². The first-order valence-electron chi connectivity index (χ1n) is 10.1. The topological polar surface area (TPSA) is 88.8 Å². The second kappa shape index (κ2) is 9.00. The third-order valence-electron chi connectivity index (χ3n) is 4.94. The molecular formula is C23H18F4N4O3. The van der Waals surface area contributed by atoms with Gasteiger partial charge in [-0.2, -0.15) is 13.2 Å². The van der Waals surface area contributed by atoms with Crippen molar-refractivity contribution >= 4 is 17.3 Å². The van der Waals surface area contributed by atoms with Crippen LogP contribution in [-0.2, 0) is 0 Å². The molecule has 0 aliphatic rings. The lowest BCUT2D eigenvalue weighted by Gasteiger charge is -2.13. The van der Waals surface area contributed by atoms with Crippen LogP contribution in [-0.4, -0.2) is 38.4 Å². The molecule has 34 heavy (non-hydrogen) atoms. The summed E-state index contributed by atoms with van der Waals surface area (Å²) in [5.41, 5.74) is 2.16. The molecule has 0 saturated carbocycles. The van der Waals surface area contributed by atoms with E-state index in [-0.39, 0.29) is 28.5 Å². The number of benzene rings is 2. The maximum Gasteiger partial charge on any atom is 0.390 e. The van der Waals surface area contributed by atoms with E-state index >= 15 is 0 Å². The smallest absolute Gasteiger partial charge is 0.390 e. The molecule has 2 aromatic carbocycles. The number of anilines is 1. The lowest BCUT2D eigenvalue weighted by atomic mass is 10.0. The van der Waals surface area contributed by atoms with Crippen LogP contribution in [0.5, 0.6) is 11.6 Å². The zero-order valence-corrected chi connectivity index (χ0v) is 17.7. The molecule has 0 atom stereocenters. The predicted octanol–water partition coefficient (Wildman–Crippen LogP) is 5.70. The summed E-state index contributed by atoms with van der Waals surface area (Å²) < 4.78 is 58.6. The number of carboxylic acid groups (broad SMARTS) is 1. The lowest BCUT2D eigenvalue weighted by molar-refractivity contribution is -0.131. The molecule has 0 saturated heterocycles. The Bertz CT molecular complexity index is 1370. The number of nitrogens with zero attached hydrogens (tertiary/aromatic N) is 3. The molecule has 4 rings (SSSR count). The summed E-state index contributed by atoms with van der Waals surface area (Å²) in [7, 11) is 0. The molecule has 2 N–H and O–H groups in total. The Morgan fingerprint density at radius 2 is 1.97 bits per heavy atom. The molecule has 4 aromatic rings. The number of carbonyl (C=O) groups is 1. The fourth-order valence-corrected chi connectivity index (χ4v) is 3.38. The molecule has 0 radical (unpaired) electrons. The van der Waals surface area contributed by atoms with Gasteiger partial charge in [-0.25, -0.2) is 18.7 Å². The summed E-state index contributed by atoms with van der Waals surface area (Å²) in [6.07, 6.45) is -3.94. The second-order valence-electron chi connectivity index (χ2n) is 7.46. The second-order valence-corrected chi connectivity index (χ2v) is 7.46. The maximum absolute atomic E-state index is 13.6. The van der Waals surface area contributed by atoms with E-state index in [9.17, 15) is 27.5 Å². The number of aromatic carboxylic acids is 1. The van der Waals surface area contributed by atoms with Gasteiger partial charge in [-0.1, -0.05) is 12.1 Å². The summed E-state index contributed by atoms with van der Waals surface area (Å²) >= 11 is 0. The number of hydrogen-bond donors (Lipinski definition) is 2. The molecule has 0 unspecified atom stereocenters. The Morgan fingerprint density at radius 1 is 1.18 bits per heavy atom. The average molecular weight is 474 g/mol. The Kier molecular flexibility index (Phi) is 6.10. The van der Waals surface area contributed by atoms with E-state index in [4.69, 9.17) is 4.74 Å². The summed E-state index contributed by atoms with van der Waals surface area (Å²) in [6.45, 7) is 1.24. The number of fused-ring (bicyclic) bond motifs is 1. The van der Waals surface area contributed by atoms with Crippen LogP contribution in [0.2, 0.25) is 0 Å². The Balaban J connectivity index is 1.78. The van der Waals surface area contributed by atoms with Gasteiger partial charge in [-0.05, 0) is 36.8 Å². The van der Waals surface area contributed by atoms with Crippen molar-refractivity contribution in [1.29, 1.82) is 0 Å². The van der Waals surface area contributed by atoms with Crippen molar-refractivity contribution in [2.24, 2.45) is 0 Å². The minimum Gasteiger partial charge on any atom is -0.478 e. The highest BCUT2D eigenvalue weighted by molar-refractivity contribution is 5.90. The molecule has 0 aliphatic heterocycles. The number of halogens is 4. The van der Waals surface area contributed by atoms with Crippen LogP contribution >= 0.6 is 0 Å². The van der Waals surface area contributed by atoms with Crippen molar-refractivity contribution in [3.63, 3.8) is 0 Å². The summed E-state index contributed by atoms with van der Waals surface area (Å²) in [5.74, 6) is -1.45. The van der Waals surface area contributed by atoms with Gasteiger partial charge in [0.05, 0.1) is 29.6 Å². The maximum atomic E-state index is 13.6. The Hall–Kier alpha value is -4.15. The molecule has 176 valence electrons. The van der Waals surface area contributed by atoms with Crippen molar-refractivity contribution in [1.82, 2.24) is 14.6 Å². The van der Waals surface area contributed by atoms with Crippen LogP contribution in [0.4, 0.5) is 23.2 Å². The van der Waals surface area contributed by atoms with E-state index in [0.29, 0.717) is 16.8 Å². The number of hydrogen-bond acceptors (Lipinski definition) is 5. The molecule has 0 fully saturated rings. The van der Waals surface area contributed by atoms with E-state index in [1.165, 1.54) is 41.0 Å². The quantitative estimate of drug-likeness (QED) is 0.334. The molecule has 0 bridgehead atoms. The number of carboxylic acids is 1. The van der Waals surface area contributed by atoms with Crippen molar-refractivity contribution in [3.05, 3.63) is 71.7 Å². The van der Waals surface area contributed by atoms with Crippen LogP contribution in [0.1, 0.15) is 22.3 Å². The number of rotatable bonds is 7. The number of imidazole rings is 1. The third kappa shape index (κ3) is 5.08.